The summed E-state index contributed by atoms with van der Waals surface area (Å²) in [6.07, 6.45) is 1.93. The van der Waals surface area contributed by atoms with E-state index in [4.69, 9.17) is 32.0 Å². The van der Waals surface area contributed by atoms with E-state index in [2.05, 4.69) is 32.9 Å². The molecule has 0 aliphatic carbocycles. The molecule has 0 spiro atoms. The van der Waals surface area contributed by atoms with Crippen molar-refractivity contribution in [2.75, 3.05) is 58.9 Å². The zero-order valence-corrected chi connectivity index (χ0v) is 31.4. The van der Waals surface area contributed by atoms with Crippen LogP contribution in [0, 0.1) is 22.7 Å². The first-order valence-corrected chi connectivity index (χ1v) is 17.9. The number of rotatable bonds is 22. The first kappa shape index (κ1) is 43.7. The van der Waals surface area contributed by atoms with Gasteiger partial charge in [0.25, 0.3) is 0 Å². The van der Waals surface area contributed by atoms with Crippen LogP contribution in [0.3, 0.4) is 0 Å². The quantitative estimate of drug-likeness (QED) is 0.0274. The lowest BCUT2D eigenvalue weighted by molar-refractivity contribution is -0.134. The maximum absolute atomic E-state index is 13.4. The maximum Gasteiger partial charge on any atom is 0.407 e. The predicted octanol–water partition coefficient (Wildman–Crippen LogP) is 5.73. The Hall–Kier alpha value is -1.32. The third-order valence-corrected chi connectivity index (χ3v) is 9.89. The summed E-state index contributed by atoms with van der Waals surface area (Å²) in [6, 6.07) is 0. The molecule has 0 heterocycles. The van der Waals surface area contributed by atoms with Gasteiger partial charge in [-0.2, -0.15) is 0 Å². The monoisotopic (exact) mass is 694 g/mol. The Labute approximate surface area is 284 Å². The summed E-state index contributed by atoms with van der Waals surface area (Å²) in [6.45, 7) is 20.5. The number of thiocarbonyl (C=S) groups is 1. The zero-order chi connectivity index (χ0) is 34.7. The molecule has 0 aromatic rings. The molecular formula is C30H58N6O6S3. The molecule has 0 aromatic heterocycles. The van der Waals surface area contributed by atoms with E-state index in [1.807, 2.05) is 61.6 Å². The summed E-state index contributed by atoms with van der Waals surface area (Å²) in [5.41, 5.74) is 6.76. The van der Waals surface area contributed by atoms with Crippen LogP contribution in [0.5, 0.6) is 0 Å². The van der Waals surface area contributed by atoms with E-state index >= 15 is 0 Å². The molecule has 4 atom stereocenters. The first-order chi connectivity index (χ1) is 20.9. The second-order valence-corrected chi connectivity index (χ2v) is 16.9. The Morgan fingerprint density at radius 1 is 1.02 bits per heavy atom. The van der Waals surface area contributed by atoms with Crippen molar-refractivity contribution in [3.05, 3.63) is 10.4 Å². The number of azide groups is 1. The van der Waals surface area contributed by atoms with Crippen LogP contribution in [0.25, 0.3) is 10.4 Å². The predicted molar refractivity (Wildman–Crippen MR) is 190 cm³/mol. The molecule has 4 unspecified atom stereocenters. The third-order valence-electron chi connectivity index (χ3n) is 7.19. The Morgan fingerprint density at radius 2 is 1.69 bits per heavy atom. The minimum Gasteiger partial charge on any atom is -0.444 e. The number of thioether (sulfide) groups is 2. The van der Waals surface area contributed by atoms with E-state index in [-0.39, 0.29) is 35.0 Å². The van der Waals surface area contributed by atoms with Gasteiger partial charge < -0.3 is 30.0 Å². The number of carbonyl (C=O) groups excluding carboxylic acids is 2. The van der Waals surface area contributed by atoms with Crippen LogP contribution in [0.1, 0.15) is 75.2 Å². The van der Waals surface area contributed by atoms with Gasteiger partial charge in [-0.3, -0.25) is 10.1 Å². The van der Waals surface area contributed by atoms with E-state index in [0.29, 0.717) is 58.9 Å². The van der Waals surface area contributed by atoms with E-state index in [1.165, 1.54) is 11.8 Å². The maximum atomic E-state index is 13.4. The van der Waals surface area contributed by atoms with Gasteiger partial charge >= 0.3 is 6.09 Å². The molecule has 45 heavy (non-hydrogen) atoms. The number of amides is 2. The lowest BCUT2D eigenvalue weighted by Gasteiger charge is -2.39. The van der Waals surface area contributed by atoms with E-state index in [0.717, 1.165) is 3.53 Å². The Bertz CT molecular complexity index is 944. The standard InChI is InChI=1S/C30H58N6O6S3/c1-21(45-27(43)44-10)18-23(24(37)32-13-16-40-17-14-35-36-31)22(2)30(8,9)25(38)33-12-11-15-41-20-29(6,7)19-34-26(39)42-28(3,4)5/h21-24,32,37H,11-20H2,1-10H3,(H,33,38)(H,34,39). The molecule has 12 nitrogen and oxygen atoms in total. The van der Waals surface area contributed by atoms with E-state index < -0.39 is 23.3 Å². The van der Waals surface area contributed by atoms with Gasteiger partial charge in [0, 0.05) is 59.7 Å². The number of aliphatic hydroxyl groups excluding tert-OH is 1. The summed E-state index contributed by atoms with van der Waals surface area (Å²) in [5.74, 6) is -0.498. The van der Waals surface area contributed by atoms with Crippen molar-refractivity contribution in [2.45, 2.75) is 92.2 Å². The van der Waals surface area contributed by atoms with E-state index in [9.17, 15) is 14.7 Å². The van der Waals surface area contributed by atoms with Crippen LogP contribution in [-0.4, -0.2) is 96.6 Å². The van der Waals surface area contributed by atoms with Crippen LogP contribution in [0.15, 0.2) is 5.11 Å². The second-order valence-electron chi connectivity index (χ2n) is 13.4. The Balaban J connectivity index is 4.96. The minimum absolute atomic E-state index is 0.0876. The van der Waals surface area contributed by atoms with Gasteiger partial charge in [0.15, 0.2) is 0 Å². The highest BCUT2D eigenvalue weighted by molar-refractivity contribution is 8.47. The molecule has 0 aliphatic rings. The van der Waals surface area contributed by atoms with Crippen LogP contribution in [0.4, 0.5) is 4.79 Å². The summed E-state index contributed by atoms with van der Waals surface area (Å²) in [4.78, 5) is 28.0. The van der Waals surface area contributed by atoms with Gasteiger partial charge in [-0.05, 0) is 51.3 Å². The number of aliphatic hydroxyl groups is 1. The van der Waals surface area contributed by atoms with Gasteiger partial charge in [0.05, 0.1) is 19.8 Å². The van der Waals surface area contributed by atoms with Crippen molar-refractivity contribution in [1.82, 2.24) is 16.0 Å². The van der Waals surface area contributed by atoms with Crippen molar-refractivity contribution in [2.24, 2.45) is 27.8 Å². The van der Waals surface area contributed by atoms with Crippen molar-refractivity contribution in [3.63, 3.8) is 0 Å². The minimum atomic E-state index is -0.861. The Kier molecular flexibility index (Phi) is 21.6. The molecule has 0 saturated heterocycles. The third kappa shape index (κ3) is 20.5. The number of carbonyl (C=O) groups is 2. The number of alkyl carbamates (subject to hydrolysis) is 1. The average molecular weight is 695 g/mol. The molecule has 0 saturated carbocycles. The molecule has 0 rings (SSSR count). The lowest BCUT2D eigenvalue weighted by atomic mass is 9.70. The SMILES string of the molecule is CSC(=S)SC(C)CC(C(O)NCCOCCN=[N+]=[N-])C(C)C(C)(C)C(=O)NCCCOCC(C)(C)CNC(=O)OC(C)(C)C. The molecule has 0 aliphatic heterocycles. The molecule has 2 amide bonds. The number of nitrogens with one attached hydrogen (secondary N) is 3. The lowest BCUT2D eigenvalue weighted by Crippen LogP contribution is -2.49. The van der Waals surface area contributed by atoms with Crippen LogP contribution >= 0.6 is 35.7 Å². The molecule has 0 bridgehead atoms. The summed E-state index contributed by atoms with van der Waals surface area (Å²) in [5, 5.41) is 23.8. The molecule has 262 valence electrons. The second kappa shape index (κ2) is 22.3. The highest BCUT2D eigenvalue weighted by Gasteiger charge is 2.41. The highest BCUT2D eigenvalue weighted by Crippen LogP contribution is 2.38. The number of hydrogen-bond donors (Lipinski definition) is 4. The van der Waals surface area contributed by atoms with Gasteiger partial charge in [0.2, 0.25) is 5.91 Å². The topological polar surface area (TPSA) is 167 Å². The van der Waals surface area contributed by atoms with Crippen molar-refractivity contribution < 1.29 is 28.9 Å². The average Bonchev–Trinajstić information content (AvgIpc) is 2.94. The molecular weight excluding hydrogens is 637 g/mol. The number of nitrogens with zero attached hydrogens (tertiary/aromatic N) is 3. The van der Waals surface area contributed by atoms with Crippen LogP contribution in [-0.2, 0) is 19.0 Å². The van der Waals surface area contributed by atoms with Gasteiger partial charge in [-0.15, -0.1) is 23.5 Å². The smallest absolute Gasteiger partial charge is 0.407 e. The summed E-state index contributed by atoms with van der Waals surface area (Å²) in [7, 11) is 0. The molecule has 4 N–H and O–H groups in total. The zero-order valence-electron chi connectivity index (χ0n) is 28.9. The summed E-state index contributed by atoms with van der Waals surface area (Å²) >= 11 is 8.53. The molecule has 0 fully saturated rings. The fraction of sp³-hybridized carbons (Fsp3) is 0.900. The van der Waals surface area contributed by atoms with Crippen LogP contribution in [0.2, 0.25) is 0 Å². The van der Waals surface area contributed by atoms with Crippen molar-refractivity contribution >= 4 is 51.3 Å². The fourth-order valence-corrected chi connectivity index (χ4v) is 6.32. The van der Waals surface area contributed by atoms with Gasteiger partial charge in [-0.25, -0.2) is 4.79 Å². The highest BCUT2D eigenvalue weighted by atomic mass is 32.2. The summed E-state index contributed by atoms with van der Waals surface area (Å²) < 4.78 is 17.4. The number of hydrogen-bond acceptors (Lipinski definition) is 11. The van der Waals surface area contributed by atoms with Crippen molar-refractivity contribution in [3.8, 4) is 0 Å². The first-order valence-electron chi connectivity index (χ1n) is 15.4. The molecule has 0 radical (unpaired) electrons. The molecule has 0 aromatic carbocycles. The number of ether oxygens (including phenoxy) is 3. The van der Waals surface area contributed by atoms with Crippen molar-refractivity contribution in [1.29, 1.82) is 0 Å². The van der Waals surface area contributed by atoms with Crippen LogP contribution < -0.4 is 16.0 Å². The Morgan fingerprint density at radius 3 is 2.29 bits per heavy atom. The van der Waals surface area contributed by atoms with E-state index in [1.54, 1.807) is 11.8 Å². The molecule has 15 heteroatoms. The van der Waals surface area contributed by atoms with Gasteiger partial charge in [-0.1, -0.05) is 58.9 Å². The largest absolute Gasteiger partial charge is 0.444 e. The fourth-order valence-electron chi connectivity index (χ4n) is 4.30. The normalized spacial score (nSPS) is 14.9. The van der Waals surface area contributed by atoms with Gasteiger partial charge in [0.1, 0.15) is 15.4 Å².